The lowest BCUT2D eigenvalue weighted by Crippen LogP contribution is -2.63. The third-order valence-corrected chi connectivity index (χ3v) is 8.47. The summed E-state index contributed by atoms with van der Waals surface area (Å²) in [4.78, 5) is 15.6. The summed E-state index contributed by atoms with van der Waals surface area (Å²) in [6.45, 7) is 4.53. The molecule has 3 heterocycles. The van der Waals surface area contributed by atoms with Gasteiger partial charge in [-0.25, -0.2) is 0 Å². The van der Waals surface area contributed by atoms with Gasteiger partial charge in [-0.15, -0.1) is 0 Å². The Morgan fingerprint density at radius 2 is 2.20 bits per heavy atom. The van der Waals surface area contributed by atoms with E-state index in [4.69, 9.17) is 4.74 Å². The van der Waals surface area contributed by atoms with Gasteiger partial charge in [-0.1, -0.05) is 37.3 Å². The van der Waals surface area contributed by atoms with Crippen LogP contribution in [0.2, 0.25) is 0 Å². The summed E-state index contributed by atoms with van der Waals surface area (Å²) in [5.74, 6) is 0.277. The first kappa shape index (κ1) is 14.4. The van der Waals surface area contributed by atoms with E-state index in [1.807, 2.05) is 0 Å². The number of hydrogen-bond acceptors (Lipinski definition) is 4. The lowest BCUT2D eigenvalue weighted by atomic mass is 9.57. The number of rotatable bonds is 1. The normalized spacial score (nSPS) is 48.0. The van der Waals surface area contributed by atoms with Gasteiger partial charge in [0.1, 0.15) is 0 Å². The summed E-state index contributed by atoms with van der Waals surface area (Å²) in [6, 6.07) is 9.25. The highest BCUT2D eigenvalue weighted by molar-refractivity contribution is 5.82. The Morgan fingerprint density at radius 3 is 3.04 bits per heavy atom. The zero-order valence-electron chi connectivity index (χ0n) is 14.8. The number of benzene rings is 1. The van der Waals surface area contributed by atoms with Crippen LogP contribution in [-0.4, -0.2) is 42.6 Å². The van der Waals surface area contributed by atoms with Crippen LogP contribution in [0.15, 0.2) is 36.4 Å². The fourth-order valence-electron chi connectivity index (χ4n) is 7.93. The van der Waals surface area contributed by atoms with E-state index in [0.29, 0.717) is 12.0 Å². The van der Waals surface area contributed by atoms with Crippen LogP contribution in [0.3, 0.4) is 0 Å². The SMILES string of the molecule is COC(=O)C1C[C@@]23C=CCN4CC[C@@]5(c6ccccc6N[C@]15C2C)[C@@H]43. The Labute approximate surface area is 148 Å². The van der Waals surface area contributed by atoms with Crippen LogP contribution in [0.25, 0.3) is 0 Å². The van der Waals surface area contributed by atoms with Crippen molar-refractivity contribution in [3.63, 3.8) is 0 Å². The van der Waals surface area contributed by atoms with Gasteiger partial charge in [0, 0.05) is 29.1 Å². The van der Waals surface area contributed by atoms with Gasteiger partial charge in [-0.2, -0.15) is 0 Å². The quantitative estimate of drug-likeness (QED) is 0.632. The van der Waals surface area contributed by atoms with E-state index in [1.165, 1.54) is 18.4 Å². The molecule has 2 bridgehead atoms. The number of ether oxygens (including phenoxy) is 1. The Kier molecular flexibility index (Phi) is 2.37. The number of anilines is 1. The molecule has 6 atom stereocenters. The number of carbonyl (C=O) groups excluding carboxylic acids is 1. The first-order valence-corrected chi connectivity index (χ1v) is 9.49. The van der Waals surface area contributed by atoms with Gasteiger partial charge in [-0.3, -0.25) is 9.69 Å². The highest BCUT2D eigenvalue weighted by atomic mass is 16.5. The minimum absolute atomic E-state index is 0.0187. The summed E-state index contributed by atoms with van der Waals surface area (Å²) in [7, 11) is 1.54. The van der Waals surface area contributed by atoms with Crippen LogP contribution in [0.4, 0.5) is 5.69 Å². The predicted molar refractivity (Wildman–Crippen MR) is 95.3 cm³/mol. The molecule has 3 fully saturated rings. The van der Waals surface area contributed by atoms with Crippen molar-refractivity contribution < 1.29 is 9.53 Å². The van der Waals surface area contributed by atoms with Crippen LogP contribution >= 0.6 is 0 Å². The summed E-state index contributed by atoms with van der Waals surface area (Å²) in [5.41, 5.74) is 2.53. The maximum Gasteiger partial charge on any atom is 0.311 e. The lowest BCUT2D eigenvalue weighted by molar-refractivity contribution is -0.149. The minimum atomic E-state index is -0.224. The monoisotopic (exact) mass is 336 g/mol. The number of para-hydroxylation sites is 1. The highest BCUT2D eigenvalue weighted by Gasteiger charge is 2.85. The number of fused-ring (bicyclic) bond motifs is 1. The predicted octanol–water partition coefficient (Wildman–Crippen LogP) is 2.56. The molecule has 0 aromatic heterocycles. The molecular weight excluding hydrogens is 312 g/mol. The maximum atomic E-state index is 12.9. The molecule has 25 heavy (non-hydrogen) atoms. The molecule has 1 N–H and O–H groups in total. The zero-order chi connectivity index (χ0) is 17.0. The Balaban J connectivity index is 1.69. The van der Waals surface area contributed by atoms with Gasteiger partial charge in [0.05, 0.1) is 18.6 Å². The molecule has 0 amide bonds. The van der Waals surface area contributed by atoms with Crippen molar-refractivity contribution in [1.82, 2.24) is 4.90 Å². The molecule has 1 aromatic carbocycles. The summed E-state index contributed by atoms with van der Waals surface area (Å²) in [5, 5.41) is 3.92. The summed E-state index contributed by atoms with van der Waals surface area (Å²) < 4.78 is 5.30. The Bertz CT molecular complexity index is 835. The molecular formula is C21H24N2O2. The summed E-state index contributed by atoms with van der Waals surface area (Å²) in [6.07, 6.45) is 6.83. The number of carbonyl (C=O) groups is 1. The second kappa shape index (κ2) is 4.12. The van der Waals surface area contributed by atoms with Gasteiger partial charge in [0.15, 0.2) is 0 Å². The zero-order valence-corrected chi connectivity index (χ0v) is 14.8. The average Bonchev–Trinajstić information content (AvgIpc) is 3.29. The van der Waals surface area contributed by atoms with Crippen LogP contribution in [0, 0.1) is 17.3 Å². The second-order valence-corrected chi connectivity index (χ2v) is 8.67. The third-order valence-electron chi connectivity index (χ3n) is 8.47. The molecule has 1 aromatic rings. The molecule has 2 saturated carbocycles. The van der Waals surface area contributed by atoms with Crippen molar-refractivity contribution >= 4 is 11.7 Å². The van der Waals surface area contributed by atoms with Crippen molar-refractivity contribution in [2.75, 3.05) is 25.5 Å². The Hall–Kier alpha value is -1.81. The topological polar surface area (TPSA) is 41.6 Å². The van der Waals surface area contributed by atoms with Crippen LogP contribution in [0.5, 0.6) is 0 Å². The smallest absolute Gasteiger partial charge is 0.311 e. The molecule has 4 nitrogen and oxygen atoms in total. The van der Waals surface area contributed by atoms with E-state index in [2.05, 4.69) is 53.6 Å². The first-order chi connectivity index (χ1) is 12.1. The van der Waals surface area contributed by atoms with E-state index < -0.39 is 0 Å². The minimum Gasteiger partial charge on any atom is -0.469 e. The van der Waals surface area contributed by atoms with E-state index in [1.54, 1.807) is 0 Å². The fraction of sp³-hybridized carbons (Fsp3) is 0.571. The average molecular weight is 336 g/mol. The lowest BCUT2D eigenvalue weighted by Gasteiger charge is -2.50. The van der Waals surface area contributed by atoms with E-state index >= 15 is 0 Å². The van der Waals surface area contributed by atoms with E-state index in [-0.39, 0.29) is 28.3 Å². The van der Waals surface area contributed by atoms with Gasteiger partial charge in [-0.05, 0) is 36.9 Å². The number of nitrogens with one attached hydrogen (secondary N) is 1. The summed E-state index contributed by atoms with van der Waals surface area (Å²) >= 11 is 0. The molecule has 4 heteroatoms. The van der Waals surface area contributed by atoms with E-state index in [0.717, 1.165) is 25.9 Å². The number of hydrogen-bond donors (Lipinski definition) is 1. The third kappa shape index (κ3) is 1.19. The fourth-order valence-corrected chi connectivity index (χ4v) is 7.93. The van der Waals surface area contributed by atoms with Crippen molar-refractivity contribution in [2.45, 2.75) is 36.8 Å². The van der Waals surface area contributed by atoms with Gasteiger partial charge < -0.3 is 10.1 Å². The van der Waals surface area contributed by atoms with Crippen molar-refractivity contribution in [1.29, 1.82) is 0 Å². The van der Waals surface area contributed by atoms with Gasteiger partial charge >= 0.3 is 5.97 Å². The van der Waals surface area contributed by atoms with Crippen molar-refractivity contribution in [3.8, 4) is 0 Å². The van der Waals surface area contributed by atoms with Crippen molar-refractivity contribution in [3.05, 3.63) is 42.0 Å². The molecule has 5 aliphatic rings. The maximum absolute atomic E-state index is 12.9. The molecule has 6 rings (SSSR count). The standard InChI is InChI=1S/C21H24N2O2/c1-13-19-8-5-10-23-11-9-20(18(19)23)14-6-3-4-7-16(14)22-21(13,20)15(12-19)17(24)25-2/h3-8,13,15,18,22H,9-12H2,1-2H3/t13?,15?,18-,19-,20+,21+/m0/s1. The molecule has 3 aliphatic heterocycles. The highest BCUT2D eigenvalue weighted by Crippen LogP contribution is 2.78. The number of methoxy groups -OCH3 is 1. The second-order valence-electron chi connectivity index (χ2n) is 8.67. The Morgan fingerprint density at radius 1 is 1.36 bits per heavy atom. The van der Waals surface area contributed by atoms with Crippen LogP contribution in [0.1, 0.15) is 25.3 Å². The van der Waals surface area contributed by atoms with Crippen LogP contribution < -0.4 is 5.32 Å². The molecule has 130 valence electrons. The molecule has 1 saturated heterocycles. The number of esters is 1. The first-order valence-electron chi connectivity index (χ1n) is 9.49. The van der Waals surface area contributed by atoms with Gasteiger partial charge in [0.25, 0.3) is 0 Å². The van der Waals surface area contributed by atoms with Crippen molar-refractivity contribution in [2.24, 2.45) is 17.3 Å². The molecule has 2 unspecified atom stereocenters. The largest absolute Gasteiger partial charge is 0.469 e. The van der Waals surface area contributed by atoms with E-state index in [9.17, 15) is 4.79 Å². The van der Waals surface area contributed by atoms with Crippen LogP contribution in [-0.2, 0) is 14.9 Å². The number of nitrogens with zero attached hydrogens (tertiary/aromatic N) is 1. The van der Waals surface area contributed by atoms with Gasteiger partial charge in [0.2, 0.25) is 0 Å². The molecule has 2 aliphatic carbocycles. The molecule has 3 spiro atoms. The molecule has 0 radical (unpaired) electrons.